The molecule has 4 heteroatoms. The molecular formula is C15H20F3N. The standard InChI is InChI=1S/C15H20F3N/c1-14(2)8-7-13(19)11(9-14)10-5-3-4-6-12(10)15(16,17)18/h3-6,11,13H,7-9,19H2,1-2H3. The van der Waals surface area contributed by atoms with Gasteiger partial charge >= 0.3 is 6.18 Å². The number of hydrogen-bond donors (Lipinski definition) is 1. The van der Waals surface area contributed by atoms with E-state index in [4.69, 9.17) is 5.73 Å². The number of nitrogens with two attached hydrogens (primary N) is 1. The van der Waals surface area contributed by atoms with Gasteiger partial charge in [-0.3, -0.25) is 0 Å². The average Bonchev–Trinajstić information content (AvgIpc) is 2.31. The largest absolute Gasteiger partial charge is 0.416 e. The van der Waals surface area contributed by atoms with E-state index >= 15 is 0 Å². The van der Waals surface area contributed by atoms with E-state index in [1.165, 1.54) is 6.07 Å². The molecule has 19 heavy (non-hydrogen) atoms. The van der Waals surface area contributed by atoms with E-state index in [1.807, 2.05) is 0 Å². The molecule has 2 N–H and O–H groups in total. The van der Waals surface area contributed by atoms with Crippen LogP contribution >= 0.6 is 0 Å². The minimum absolute atomic E-state index is 0.0548. The first kappa shape index (κ1) is 14.4. The van der Waals surface area contributed by atoms with E-state index in [0.29, 0.717) is 12.0 Å². The maximum atomic E-state index is 13.1. The zero-order valence-electron chi connectivity index (χ0n) is 11.3. The summed E-state index contributed by atoms with van der Waals surface area (Å²) in [4.78, 5) is 0. The van der Waals surface area contributed by atoms with Crippen molar-refractivity contribution >= 4 is 0 Å². The highest BCUT2D eigenvalue weighted by molar-refractivity contribution is 5.34. The first-order valence-corrected chi connectivity index (χ1v) is 6.62. The molecule has 1 aliphatic rings. The minimum Gasteiger partial charge on any atom is -0.327 e. The van der Waals surface area contributed by atoms with E-state index in [0.717, 1.165) is 18.9 Å². The first-order valence-electron chi connectivity index (χ1n) is 6.62. The van der Waals surface area contributed by atoms with Gasteiger partial charge in [0.15, 0.2) is 0 Å². The van der Waals surface area contributed by atoms with Crippen molar-refractivity contribution in [2.75, 3.05) is 0 Å². The Morgan fingerprint density at radius 1 is 1.21 bits per heavy atom. The lowest BCUT2D eigenvalue weighted by Gasteiger charge is -2.40. The molecule has 0 radical (unpaired) electrons. The molecule has 1 aromatic rings. The highest BCUT2D eigenvalue weighted by Crippen LogP contribution is 2.45. The SMILES string of the molecule is CC1(C)CCC(N)C(c2ccccc2C(F)(F)F)C1. The van der Waals surface area contributed by atoms with Gasteiger partial charge in [0.05, 0.1) is 5.56 Å². The van der Waals surface area contributed by atoms with Crippen molar-refractivity contribution in [3.8, 4) is 0 Å². The normalized spacial score (nSPS) is 27.3. The third-order valence-electron chi connectivity index (χ3n) is 4.11. The van der Waals surface area contributed by atoms with Crippen LogP contribution in [-0.4, -0.2) is 6.04 Å². The molecule has 106 valence electrons. The Morgan fingerprint density at radius 2 is 1.84 bits per heavy atom. The molecule has 0 bridgehead atoms. The second-order valence-corrected chi connectivity index (χ2v) is 6.26. The van der Waals surface area contributed by atoms with E-state index in [1.54, 1.807) is 12.1 Å². The van der Waals surface area contributed by atoms with Crippen molar-refractivity contribution in [2.24, 2.45) is 11.1 Å². The molecule has 2 atom stereocenters. The van der Waals surface area contributed by atoms with Gasteiger partial charge in [-0.25, -0.2) is 0 Å². The molecule has 1 aliphatic carbocycles. The van der Waals surface area contributed by atoms with E-state index < -0.39 is 11.7 Å². The van der Waals surface area contributed by atoms with E-state index in [-0.39, 0.29) is 17.4 Å². The fourth-order valence-corrected chi connectivity index (χ4v) is 3.03. The summed E-state index contributed by atoms with van der Waals surface area (Å²) in [6, 6.07) is 5.65. The summed E-state index contributed by atoms with van der Waals surface area (Å²) < 4.78 is 39.2. The van der Waals surface area contributed by atoms with Crippen LogP contribution < -0.4 is 5.73 Å². The lowest BCUT2D eigenvalue weighted by molar-refractivity contribution is -0.138. The van der Waals surface area contributed by atoms with Crippen molar-refractivity contribution in [3.05, 3.63) is 35.4 Å². The fraction of sp³-hybridized carbons (Fsp3) is 0.600. The third-order valence-corrected chi connectivity index (χ3v) is 4.11. The predicted octanol–water partition coefficient (Wildman–Crippen LogP) is 4.33. The van der Waals surface area contributed by atoms with Gasteiger partial charge in [-0.2, -0.15) is 13.2 Å². The summed E-state index contributed by atoms with van der Waals surface area (Å²) in [7, 11) is 0. The number of hydrogen-bond acceptors (Lipinski definition) is 1. The zero-order chi connectivity index (χ0) is 14.3. The Morgan fingerprint density at radius 3 is 2.47 bits per heavy atom. The summed E-state index contributed by atoms with van der Waals surface area (Å²) in [5.74, 6) is -0.207. The summed E-state index contributed by atoms with van der Waals surface area (Å²) in [6.07, 6.45) is -1.85. The molecule has 1 aromatic carbocycles. The Bertz CT molecular complexity index is 451. The van der Waals surface area contributed by atoms with Crippen LogP contribution in [0.5, 0.6) is 0 Å². The second kappa shape index (κ2) is 4.82. The lowest BCUT2D eigenvalue weighted by Crippen LogP contribution is -2.38. The molecule has 2 unspecified atom stereocenters. The number of alkyl halides is 3. The lowest BCUT2D eigenvalue weighted by atomic mass is 9.67. The molecule has 1 saturated carbocycles. The van der Waals surface area contributed by atoms with E-state index in [2.05, 4.69) is 13.8 Å². The molecule has 1 fully saturated rings. The first-order chi connectivity index (χ1) is 8.71. The van der Waals surface area contributed by atoms with Crippen LogP contribution in [0.3, 0.4) is 0 Å². The van der Waals surface area contributed by atoms with Gasteiger partial charge in [-0.05, 0) is 36.3 Å². The molecule has 0 saturated heterocycles. The van der Waals surface area contributed by atoms with Gasteiger partial charge in [0.25, 0.3) is 0 Å². The Balaban J connectivity index is 2.40. The molecule has 0 aliphatic heterocycles. The molecule has 2 rings (SSSR count). The fourth-order valence-electron chi connectivity index (χ4n) is 3.03. The molecule has 0 spiro atoms. The highest BCUT2D eigenvalue weighted by atomic mass is 19.4. The zero-order valence-corrected chi connectivity index (χ0v) is 11.3. The summed E-state index contributed by atoms with van der Waals surface area (Å²) >= 11 is 0. The topological polar surface area (TPSA) is 26.0 Å². The number of rotatable bonds is 1. The molecule has 0 amide bonds. The summed E-state index contributed by atoms with van der Waals surface area (Å²) in [5.41, 5.74) is 5.95. The third kappa shape index (κ3) is 3.11. The van der Waals surface area contributed by atoms with Crippen LogP contribution in [-0.2, 0) is 6.18 Å². The molecule has 0 aromatic heterocycles. The van der Waals surface area contributed by atoms with Gasteiger partial charge < -0.3 is 5.73 Å². The highest BCUT2D eigenvalue weighted by Gasteiger charge is 2.40. The van der Waals surface area contributed by atoms with Crippen LogP contribution in [0.1, 0.15) is 50.2 Å². The Hall–Kier alpha value is -1.03. The van der Waals surface area contributed by atoms with Gasteiger partial charge in [0, 0.05) is 12.0 Å². The van der Waals surface area contributed by atoms with Crippen LogP contribution in [0.15, 0.2) is 24.3 Å². The average molecular weight is 271 g/mol. The monoisotopic (exact) mass is 271 g/mol. The molecular weight excluding hydrogens is 251 g/mol. The predicted molar refractivity (Wildman–Crippen MR) is 69.8 cm³/mol. The van der Waals surface area contributed by atoms with Gasteiger partial charge in [0.2, 0.25) is 0 Å². The van der Waals surface area contributed by atoms with Crippen molar-refractivity contribution in [3.63, 3.8) is 0 Å². The van der Waals surface area contributed by atoms with Crippen molar-refractivity contribution < 1.29 is 13.2 Å². The van der Waals surface area contributed by atoms with E-state index in [9.17, 15) is 13.2 Å². The minimum atomic E-state index is -4.31. The van der Waals surface area contributed by atoms with Crippen LogP contribution in [0.4, 0.5) is 13.2 Å². The quantitative estimate of drug-likeness (QED) is 0.808. The molecule has 0 heterocycles. The van der Waals surface area contributed by atoms with Crippen LogP contribution in [0.25, 0.3) is 0 Å². The van der Waals surface area contributed by atoms with Crippen LogP contribution in [0.2, 0.25) is 0 Å². The summed E-state index contributed by atoms with van der Waals surface area (Å²) in [6.45, 7) is 4.20. The van der Waals surface area contributed by atoms with Gasteiger partial charge in [-0.1, -0.05) is 32.0 Å². The second-order valence-electron chi connectivity index (χ2n) is 6.26. The van der Waals surface area contributed by atoms with Crippen molar-refractivity contribution in [2.45, 2.75) is 51.2 Å². The summed E-state index contributed by atoms with van der Waals surface area (Å²) in [5, 5.41) is 0. The maximum absolute atomic E-state index is 13.1. The Kier molecular flexibility index (Phi) is 3.65. The maximum Gasteiger partial charge on any atom is 0.416 e. The van der Waals surface area contributed by atoms with Gasteiger partial charge in [0.1, 0.15) is 0 Å². The van der Waals surface area contributed by atoms with Crippen molar-refractivity contribution in [1.82, 2.24) is 0 Å². The smallest absolute Gasteiger partial charge is 0.327 e. The van der Waals surface area contributed by atoms with Crippen molar-refractivity contribution in [1.29, 1.82) is 0 Å². The number of halogens is 3. The number of benzene rings is 1. The van der Waals surface area contributed by atoms with Crippen LogP contribution in [0, 0.1) is 5.41 Å². The Labute approximate surface area is 112 Å². The van der Waals surface area contributed by atoms with Gasteiger partial charge in [-0.15, -0.1) is 0 Å². The molecule has 1 nitrogen and oxygen atoms in total.